The second-order valence-electron chi connectivity index (χ2n) is 5.34. The first-order chi connectivity index (χ1) is 12.3. The number of hydrogen-bond donors (Lipinski definition) is 2. The molecular formula is C18H17F3N2O3. The van der Waals surface area contributed by atoms with Gasteiger partial charge in [-0.25, -0.2) is 0 Å². The maximum Gasteiger partial charge on any atom is 0.573 e. The first kappa shape index (κ1) is 19.3. The number of rotatable bonds is 7. The molecule has 0 radical (unpaired) electrons. The predicted molar refractivity (Wildman–Crippen MR) is 88.6 cm³/mol. The molecule has 0 fully saturated rings. The van der Waals surface area contributed by atoms with Gasteiger partial charge in [0.05, 0.1) is 6.42 Å². The standard InChI is InChI=1S/C18H17F3N2O3/c19-18(20,21)26-15-8-6-14(7-9-15)17(25)23-11-10-22-16(24)12-13-4-2-1-3-5-13/h1-9H,10-12H2,(H,22,24)(H,23,25). The van der Waals surface area contributed by atoms with Crippen LogP contribution in [0.4, 0.5) is 13.2 Å². The minimum Gasteiger partial charge on any atom is -0.406 e. The van der Waals surface area contributed by atoms with E-state index in [1.807, 2.05) is 30.3 Å². The Labute approximate surface area is 148 Å². The summed E-state index contributed by atoms with van der Waals surface area (Å²) in [6.07, 6.45) is -4.53. The molecule has 0 bridgehead atoms. The Bertz CT molecular complexity index is 732. The molecule has 2 amide bonds. The molecule has 0 unspecified atom stereocenters. The summed E-state index contributed by atoms with van der Waals surface area (Å²) >= 11 is 0. The lowest BCUT2D eigenvalue weighted by Gasteiger charge is -2.10. The summed E-state index contributed by atoms with van der Waals surface area (Å²) in [6, 6.07) is 13.8. The molecule has 0 saturated heterocycles. The van der Waals surface area contributed by atoms with E-state index in [-0.39, 0.29) is 31.0 Å². The van der Waals surface area contributed by atoms with E-state index in [2.05, 4.69) is 15.4 Å². The van der Waals surface area contributed by atoms with Crippen LogP contribution in [0.15, 0.2) is 54.6 Å². The van der Waals surface area contributed by atoms with Crippen LogP contribution in [-0.4, -0.2) is 31.3 Å². The zero-order valence-corrected chi connectivity index (χ0v) is 13.7. The second-order valence-corrected chi connectivity index (χ2v) is 5.34. The number of alkyl halides is 3. The molecule has 0 saturated carbocycles. The van der Waals surface area contributed by atoms with E-state index in [4.69, 9.17) is 0 Å². The van der Waals surface area contributed by atoms with E-state index >= 15 is 0 Å². The van der Waals surface area contributed by atoms with Gasteiger partial charge in [-0.3, -0.25) is 9.59 Å². The van der Waals surface area contributed by atoms with Gasteiger partial charge in [0.2, 0.25) is 5.91 Å². The van der Waals surface area contributed by atoms with Gasteiger partial charge in [0, 0.05) is 18.7 Å². The van der Waals surface area contributed by atoms with Gasteiger partial charge in [0.25, 0.3) is 5.91 Å². The largest absolute Gasteiger partial charge is 0.573 e. The summed E-state index contributed by atoms with van der Waals surface area (Å²) in [7, 11) is 0. The van der Waals surface area contributed by atoms with Crippen LogP contribution in [0.3, 0.4) is 0 Å². The third-order valence-electron chi connectivity index (χ3n) is 3.29. The van der Waals surface area contributed by atoms with Gasteiger partial charge in [0.1, 0.15) is 5.75 Å². The number of benzene rings is 2. The predicted octanol–water partition coefficient (Wildman–Crippen LogP) is 2.67. The maximum atomic E-state index is 12.1. The Balaban J connectivity index is 1.70. The third-order valence-corrected chi connectivity index (χ3v) is 3.29. The van der Waals surface area contributed by atoms with Gasteiger partial charge >= 0.3 is 6.36 Å². The van der Waals surface area contributed by atoms with E-state index in [1.165, 1.54) is 12.1 Å². The van der Waals surface area contributed by atoms with Crippen molar-refractivity contribution in [3.05, 3.63) is 65.7 Å². The minimum atomic E-state index is -4.78. The molecule has 2 aromatic rings. The van der Waals surface area contributed by atoms with Crippen molar-refractivity contribution in [2.45, 2.75) is 12.8 Å². The SMILES string of the molecule is O=C(Cc1ccccc1)NCCNC(=O)c1ccc(OC(F)(F)F)cc1. The van der Waals surface area contributed by atoms with Crippen molar-refractivity contribution in [2.75, 3.05) is 13.1 Å². The molecule has 2 rings (SSSR count). The van der Waals surface area contributed by atoms with Crippen LogP contribution in [0.25, 0.3) is 0 Å². The Morgan fingerprint density at radius 2 is 1.50 bits per heavy atom. The molecule has 0 heterocycles. The lowest BCUT2D eigenvalue weighted by atomic mass is 10.1. The highest BCUT2D eigenvalue weighted by molar-refractivity contribution is 5.94. The van der Waals surface area contributed by atoms with Crippen molar-refractivity contribution < 1.29 is 27.5 Å². The normalized spacial score (nSPS) is 10.9. The molecular weight excluding hydrogens is 349 g/mol. The topological polar surface area (TPSA) is 67.4 Å². The lowest BCUT2D eigenvalue weighted by Crippen LogP contribution is -2.35. The first-order valence-corrected chi connectivity index (χ1v) is 7.78. The summed E-state index contributed by atoms with van der Waals surface area (Å²) in [6.45, 7) is 0.437. The number of carbonyl (C=O) groups is 2. The summed E-state index contributed by atoms with van der Waals surface area (Å²) in [5.41, 5.74) is 1.07. The number of carbonyl (C=O) groups excluding carboxylic acids is 2. The monoisotopic (exact) mass is 366 g/mol. The number of hydrogen-bond acceptors (Lipinski definition) is 3. The van der Waals surface area contributed by atoms with E-state index < -0.39 is 18.0 Å². The molecule has 0 aliphatic rings. The molecule has 0 spiro atoms. The summed E-state index contributed by atoms with van der Waals surface area (Å²) in [5, 5.41) is 5.24. The highest BCUT2D eigenvalue weighted by Crippen LogP contribution is 2.22. The Morgan fingerprint density at radius 1 is 0.885 bits per heavy atom. The van der Waals surface area contributed by atoms with Crippen molar-refractivity contribution >= 4 is 11.8 Å². The molecule has 26 heavy (non-hydrogen) atoms. The van der Waals surface area contributed by atoms with Gasteiger partial charge in [-0.05, 0) is 29.8 Å². The molecule has 5 nitrogen and oxygen atoms in total. The van der Waals surface area contributed by atoms with Crippen molar-refractivity contribution in [1.29, 1.82) is 0 Å². The van der Waals surface area contributed by atoms with Gasteiger partial charge < -0.3 is 15.4 Å². The smallest absolute Gasteiger partial charge is 0.406 e. The van der Waals surface area contributed by atoms with Crippen LogP contribution in [0, 0.1) is 0 Å². The van der Waals surface area contributed by atoms with Crippen LogP contribution >= 0.6 is 0 Å². The van der Waals surface area contributed by atoms with E-state index in [9.17, 15) is 22.8 Å². The third kappa shape index (κ3) is 6.84. The Morgan fingerprint density at radius 3 is 2.12 bits per heavy atom. The number of ether oxygens (including phenoxy) is 1. The molecule has 8 heteroatoms. The van der Waals surface area contributed by atoms with Gasteiger partial charge in [-0.2, -0.15) is 0 Å². The van der Waals surface area contributed by atoms with Crippen molar-refractivity contribution in [3.8, 4) is 5.75 Å². The number of nitrogens with one attached hydrogen (secondary N) is 2. The lowest BCUT2D eigenvalue weighted by molar-refractivity contribution is -0.274. The molecule has 2 N–H and O–H groups in total. The Kier molecular flexibility index (Phi) is 6.60. The number of halogens is 3. The van der Waals surface area contributed by atoms with Crippen LogP contribution in [0.5, 0.6) is 5.75 Å². The maximum absolute atomic E-state index is 12.1. The molecule has 0 aliphatic carbocycles. The van der Waals surface area contributed by atoms with Gasteiger partial charge in [0.15, 0.2) is 0 Å². The first-order valence-electron chi connectivity index (χ1n) is 7.78. The fraction of sp³-hybridized carbons (Fsp3) is 0.222. The van der Waals surface area contributed by atoms with Crippen LogP contribution in [0.1, 0.15) is 15.9 Å². The second kappa shape index (κ2) is 8.89. The highest BCUT2D eigenvalue weighted by Gasteiger charge is 2.31. The van der Waals surface area contributed by atoms with Gasteiger partial charge in [-0.1, -0.05) is 30.3 Å². The van der Waals surface area contributed by atoms with Crippen molar-refractivity contribution in [3.63, 3.8) is 0 Å². The quantitative estimate of drug-likeness (QED) is 0.741. The number of amides is 2. The zero-order valence-electron chi connectivity index (χ0n) is 13.7. The van der Waals surface area contributed by atoms with Crippen LogP contribution in [0.2, 0.25) is 0 Å². The Hall–Kier alpha value is -3.03. The van der Waals surface area contributed by atoms with Crippen LogP contribution in [-0.2, 0) is 11.2 Å². The average Bonchev–Trinajstić information content (AvgIpc) is 2.58. The summed E-state index contributed by atoms with van der Waals surface area (Å²) < 4.78 is 39.9. The van der Waals surface area contributed by atoms with E-state index in [0.717, 1.165) is 17.7 Å². The zero-order chi connectivity index (χ0) is 19.0. The van der Waals surface area contributed by atoms with E-state index in [1.54, 1.807) is 0 Å². The molecule has 138 valence electrons. The molecule has 0 aliphatic heterocycles. The van der Waals surface area contributed by atoms with Crippen molar-refractivity contribution in [2.24, 2.45) is 0 Å². The summed E-state index contributed by atoms with van der Waals surface area (Å²) in [5.74, 6) is -1.03. The average molecular weight is 366 g/mol. The fourth-order valence-corrected chi connectivity index (χ4v) is 2.13. The highest BCUT2D eigenvalue weighted by atomic mass is 19.4. The van der Waals surface area contributed by atoms with Crippen LogP contribution < -0.4 is 15.4 Å². The van der Waals surface area contributed by atoms with Gasteiger partial charge in [-0.15, -0.1) is 13.2 Å². The van der Waals surface area contributed by atoms with Crippen molar-refractivity contribution in [1.82, 2.24) is 10.6 Å². The molecule has 2 aromatic carbocycles. The van der Waals surface area contributed by atoms with E-state index in [0.29, 0.717) is 0 Å². The molecule has 0 aromatic heterocycles. The molecule has 0 atom stereocenters. The fourth-order valence-electron chi connectivity index (χ4n) is 2.13. The summed E-state index contributed by atoms with van der Waals surface area (Å²) in [4.78, 5) is 23.6. The minimum absolute atomic E-state index is 0.167.